The normalized spacial score (nSPS) is 25.0. The number of nitrogens with zero attached hydrogens (tertiary/aromatic N) is 1. The summed E-state index contributed by atoms with van der Waals surface area (Å²) in [5.74, 6) is 1.10. The van der Waals surface area contributed by atoms with E-state index in [-0.39, 0.29) is 5.25 Å². The Morgan fingerprint density at radius 1 is 1.12 bits per heavy atom. The van der Waals surface area contributed by atoms with Crippen molar-refractivity contribution in [3.05, 3.63) is 0 Å². The molecule has 0 aromatic rings. The Morgan fingerprint density at radius 2 is 1.75 bits per heavy atom. The molecule has 0 aromatic carbocycles. The Hall–Kier alpha value is -0.0900. The Morgan fingerprint density at radius 3 is 2.25 bits per heavy atom. The molecule has 0 spiro atoms. The Bertz CT molecular complexity index is 309. The summed E-state index contributed by atoms with van der Waals surface area (Å²) in [6.07, 6.45) is 3.34. The summed E-state index contributed by atoms with van der Waals surface area (Å²) >= 11 is 0. The van der Waals surface area contributed by atoms with Crippen LogP contribution in [0.15, 0.2) is 0 Å². The maximum Gasteiger partial charge on any atom is 0.216 e. The third-order valence-electron chi connectivity index (χ3n) is 3.57. The summed E-state index contributed by atoms with van der Waals surface area (Å²) in [7, 11) is -3.06. The highest BCUT2D eigenvalue weighted by molar-refractivity contribution is 7.89. The summed E-state index contributed by atoms with van der Waals surface area (Å²) < 4.78 is 26.0. The molecule has 1 aliphatic rings. The minimum atomic E-state index is -3.06. The average Bonchev–Trinajstić information content (AvgIpc) is 2.42. The van der Waals surface area contributed by atoms with Crippen molar-refractivity contribution in [3.8, 4) is 0 Å². The summed E-state index contributed by atoms with van der Waals surface area (Å²) in [5, 5.41) is -0.293. The fourth-order valence-electron chi connectivity index (χ4n) is 2.21. The maximum atomic E-state index is 12.1. The number of hydrogen-bond donors (Lipinski definition) is 0. The molecule has 0 unspecified atom stereocenters. The molecular weight excluding hydrogens is 222 g/mol. The number of rotatable bonds is 3. The number of hydrogen-bond acceptors (Lipinski definition) is 2. The van der Waals surface area contributed by atoms with Crippen LogP contribution in [0.4, 0.5) is 0 Å². The molecular formula is C12H25NO2S. The minimum Gasteiger partial charge on any atom is -0.212 e. The molecule has 1 saturated heterocycles. The highest BCUT2D eigenvalue weighted by Gasteiger charge is 2.30. The van der Waals surface area contributed by atoms with E-state index in [2.05, 4.69) is 13.8 Å². The van der Waals surface area contributed by atoms with Crippen LogP contribution in [0, 0.1) is 11.8 Å². The molecule has 0 radical (unpaired) electrons. The van der Waals surface area contributed by atoms with Gasteiger partial charge in [0.25, 0.3) is 0 Å². The molecule has 1 rings (SSSR count). The van der Waals surface area contributed by atoms with Gasteiger partial charge in [0.05, 0.1) is 5.25 Å². The van der Waals surface area contributed by atoms with E-state index in [1.54, 1.807) is 18.2 Å². The largest absolute Gasteiger partial charge is 0.216 e. The van der Waals surface area contributed by atoms with Gasteiger partial charge in [0, 0.05) is 13.1 Å². The Balaban J connectivity index is 2.80. The van der Waals surface area contributed by atoms with Gasteiger partial charge in [-0.25, -0.2) is 12.7 Å². The van der Waals surface area contributed by atoms with Crippen molar-refractivity contribution in [2.45, 2.75) is 52.2 Å². The molecule has 0 aromatic heterocycles. The molecule has 96 valence electrons. The van der Waals surface area contributed by atoms with Crippen LogP contribution in [0.5, 0.6) is 0 Å². The SMILES string of the molecule is CC(C)[C@@H]1CCCCN(S(=O)(=O)C(C)C)C1. The van der Waals surface area contributed by atoms with Gasteiger partial charge in [0.1, 0.15) is 0 Å². The maximum absolute atomic E-state index is 12.1. The van der Waals surface area contributed by atoms with Gasteiger partial charge < -0.3 is 0 Å². The van der Waals surface area contributed by atoms with Crippen LogP contribution in [0.2, 0.25) is 0 Å². The van der Waals surface area contributed by atoms with Crippen molar-refractivity contribution in [3.63, 3.8) is 0 Å². The zero-order valence-electron chi connectivity index (χ0n) is 10.9. The van der Waals surface area contributed by atoms with Crippen LogP contribution < -0.4 is 0 Å². The highest BCUT2D eigenvalue weighted by atomic mass is 32.2. The first-order chi connectivity index (χ1) is 7.35. The molecule has 1 heterocycles. The summed E-state index contributed by atoms with van der Waals surface area (Å²) in [6, 6.07) is 0. The van der Waals surface area contributed by atoms with Gasteiger partial charge in [-0.2, -0.15) is 0 Å². The molecule has 3 nitrogen and oxygen atoms in total. The van der Waals surface area contributed by atoms with E-state index in [0.717, 1.165) is 19.4 Å². The summed E-state index contributed by atoms with van der Waals surface area (Å²) in [4.78, 5) is 0. The van der Waals surface area contributed by atoms with E-state index >= 15 is 0 Å². The van der Waals surface area contributed by atoms with E-state index in [9.17, 15) is 8.42 Å². The third kappa shape index (κ3) is 3.20. The van der Waals surface area contributed by atoms with Crippen LogP contribution in [0.25, 0.3) is 0 Å². The quantitative estimate of drug-likeness (QED) is 0.768. The third-order valence-corrected chi connectivity index (χ3v) is 5.81. The zero-order valence-corrected chi connectivity index (χ0v) is 11.8. The first kappa shape index (κ1) is 14.0. The van der Waals surface area contributed by atoms with Crippen molar-refractivity contribution >= 4 is 10.0 Å². The molecule has 16 heavy (non-hydrogen) atoms. The van der Waals surface area contributed by atoms with E-state index in [1.807, 2.05) is 0 Å². The van der Waals surface area contributed by atoms with Gasteiger partial charge in [0.2, 0.25) is 10.0 Å². The van der Waals surface area contributed by atoms with E-state index in [1.165, 1.54) is 6.42 Å². The Kier molecular flexibility index (Phi) is 4.80. The monoisotopic (exact) mass is 247 g/mol. The predicted molar refractivity (Wildman–Crippen MR) is 67.8 cm³/mol. The first-order valence-corrected chi connectivity index (χ1v) is 7.85. The van der Waals surface area contributed by atoms with Crippen LogP contribution in [-0.2, 0) is 10.0 Å². The number of sulfonamides is 1. The van der Waals surface area contributed by atoms with Gasteiger partial charge in [-0.1, -0.05) is 20.3 Å². The smallest absolute Gasteiger partial charge is 0.212 e. The molecule has 0 saturated carbocycles. The molecule has 1 atom stereocenters. The molecule has 1 aliphatic heterocycles. The second-order valence-corrected chi connectivity index (χ2v) is 7.94. The van der Waals surface area contributed by atoms with Crippen molar-refractivity contribution in [2.75, 3.05) is 13.1 Å². The van der Waals surface area contributed by atoms with Gasteiger partial charge >= 0.3 is 0 Å². The zero-order chi connectivity index (χ0) is 12.3. The van der Waals surface area contributed by atoms with Crippen LogP contribution in [0.3, 0.4) is 0 Å². The molecule has 0 N–H and O–H groups in total. The van der Waals surface area contributed by atoms with Crippen molar-refractivity contribution in [1.82, 2.24) is 4.31 Å². The average molecular weight is 247 g/mol. The summed E-state index contributed by atoms with van der Waals surface area (Å²) in [6.45, 7) is 9.35. The highest BCUT2D eigenvalue weighted by Crippen LogP contribution is 2.25. The van der Waals surface area contributed by atoms with E-state index in [4.69, 9.17) is 0 Å². The van der Waals surface area contributed by atoms with Crippen molar-refractivity contribution in [2.24, 2.45) is 11.8 Å². The van der Waals surface area contributed by atoms with Gasteiger partial charge in [0.15, 0.2) is 0 Å². The van der Waals surface area contributed by atoms with E-state index in [0.29, 0.717) is 18.4 Å². The predicted octanol–water partition coefficient (Wildman–Crippen LogP) is 2.48. The standard InChI is InChI=1S/C12H25NO2S/c1-10(2)12-7-5-6-8-13(9-12)16(14,15)11(3)4/h10-12H,5-9H2,1-4H3/t12-/m1/s1. The van der Waals surface area contributed by atoms with Crippen molar-refractivity contribution < 1.29 is 8.42 Å². The molecule has 0 bridgehead atoms. The second-order valence-electron chi connectivity index (χ2n) is 5.45. The lowest BCUT2D eigenvalue weighted by Gasteiger charge is -2.27. The minimum absolute atomic E-state index is 0.293. The first-order valence-electron chi connectivity index (χ1n) is 6.34. The van der Waals surface area contributed by atoms with Gasteiger partial charge in [-0.3, -0.25) is 0 Å². The summed E-state index contributed by atoms with van der Waals surface area (Å²) in [5.41, 5.74) is 0. The van der Waals surface area contributed by atoms with E-state index < -0.39 is 10.0 Å². The lowest BCUT2D eigenvalue weighted by Crippen LogP contribution is -2.39. The van der Waals surface area contributed by atoms with Crippen LogP contribution >= 0.6 is 0 Å². The van der Waals surface area contributed by atoms with Gasteiger partial charge in [-0.05, 0) is 38.5 Å². The Labute approximate surface area is 100 Å². The lowest BCUT2D eigenvalue weighted by molar-refractivity contribution is 0.299. The lowest BCUT2D eigenvalue weighted by atomic mass is 9.92. The fraction of sp³-hybridized carbons (Fsp3) is 1.00. The topological polar surface area (TPSA) is 37.4 Å². The van der Waals surface area contributed by atoms with Crippen LogP contribution in [0.1, 0.15) is 47.0 Å². The second kappa shape index (κ2) is 5.50. The molecule has 4 heteroatoms. The fourth-order valence-corrected chi connectivity index (χ4v) is 3.59. The van der Waals surface area contributed by atoms with Crippen LogP contribution in [-0.4, -0.2) is 31.1 Å². The molecule has 0 amide bonds. The van der Waals surface area contributed by atoms with Crippen molar-refractivity contribution in [1.29, 1.82) is 0 Å². The van der Waals surface area contributed by atoms with Gasteiger partial charge in [-0.15, -0.1) is 0 Å². The molecule has 0 aliphatic carbocycles. The molecule has 1 fully saturated rings.